The van der Waals surface area contributed by atoms with Crippen LogP contribution >= 0.6 is 12.4 Å². The van der Waals surface area contributed by atoms with Crippen LogP contribution in [0.3, 0.4) is 0 Å². The molecule has 5 rings (SSSR count). The number of piperazine rings is 2. The molecule has 0 radical (unpaired) electrons. The summed E-state index contributed by atoms with van der Waals surface area (Å²) in [5.74, 6) is 1.43. The third kappa shape index (κ3) is 9.62. The molecule has 3 heterocycles. The van der Waals surface area contributed by atoms with Crippen LogP contribution < -0.4 is 11.5 Å². The Bertz CT molecular complexity index is 1040. The number of amides is 4. The lowest BCUT2D eigenvalue weighted by atomic mass is 9.81. The minimum atomic E-state index is -1.15. The molecule has 3 aliphatic heterocycles. The fraction of sp³-hybridized carbons (Fsp3) is 0.875. The van der Waals surface area contributed by atoms with E-state index in [1.54, 1.807) is 9.80 Å². The Labute approximate surface area is 284 Å². The number of carbonyl (C=O) groups excluding carboxylic acids is 4. The first kappa shape index (κ1) is 37.4. The van der Waals surface area contributed by atoms with Crippen LogP contribution in [0.4, 0.5) is 9.59 Å². The number of aliphatic hydroxyl groups is 1. The van der Waals surface area contributed by atoms with Crippen LogP contribution in [-0.2, 0) is 23.8 Å². The number of halogens is 1. The highest BCUT2D eigenvalue weighted by atomic mass is 35.5. The van der Waals surface area contributed by atoms with Crippen molar-refractivity contribution in [3.8, 4) is 0 Å². The van der Waals surface area contributed by atoms with E-state index in [2.05, 4.69) is 0 Å². The smallest absolute Gasteiger partial charge is 0.410 e. The molecule has 14 nitrogen and oxygen atoms in total. The summed E-state index contributed by atoms with van der Waals surface area (Å²) in [5.41, 5.74) is 11.6. The first-order valence-corrected chi connectivity index (χ1v) is 17.4. The molecule has 268 valence electrons. The van der Waals surface area contributed by atoms with Gasteiger partial charge in [0, 0.05) is 70.6 Å². The van der Waals surface area contributed by atoms with Crippen LogP contribution in [0.15, 0.2) is 0 Å². The highest BCUT2D eigenvalue weighted by molar-refractivity contribution is 5.85. The number of ether oxygens (including phenoxy) is 3. The second-order valence-electron chi connectivity index (χ2n) is 13.7. The first-order chi connectivity index (χ1) is 22.3. The van der Waals surface area contributed by atoms with Crippen molar-refractivity contribution in [2.24, 2.45) is 35.1 Å². The highest BCUT2D eigenvalue weighted by Crippen LogP contribution is 2.31. The van der Waals surface area contributed by atoms with Gasteiger partial charge in [-0.1, -0.05) is 0 Å². The lowest BCUT2D eigenvalue weighted by Gasteiger charge is -2.39. The van der Waals surface area contributed by atoms with Crippen molar-refractivity contribution in [1.29, 1.82) is 0 Å². The number of rotatable bonds is 7. The average molecular weight is 687 g/mol. The number of carbonyl (C=O) groups is 4. The lowest BCUT2D eigenvalue weighted by molar-refractivity contribution is -0.153. The molecule has 47 heavy (non-hydrogen) atoms. The SMILES string of the molecule is Cl.NCC1CCC(C(=O)N2CCN(C(=O)OC[C@H]3OCC[C@@H](OC(=O)N4CCN(C(=O)C5CCC(CN)CC5)CC4)[C@@H]3O)CC2)CC1. The molecule has 5 N–H and O–H groups in total. The van der Waals surface area contributed by atoms with Gasteiger partial charge in [0.15, 0.2) is 0 Å². The fourth-order valence-electron chi connectivity index (χ4n) is 7.59. The number of nitrogens with zero attached hydrogens (tertiary/aromatic N) is 4. The van der Waals surface area contributed by atoms with Crippen molar-refractivity contribution >= 4 is 36.4 Å². The van der Waals surface area contributed by atoms with Gasteiger partial charge in [0.2, 0.25) is 11.8 Å². The molecule has 15 heteroatoms. The normalized spacial score (nSPS) is 31.9. The van der Waals surface area contributed by atoms with Crippen LogP contribution in [0.5, 0.6) is 0 Å². The zero-order valence-electron chi connectivity index (χ0n) is 27.5. The predicted molar refractivity (Wildman–Crippen MR) is 175 cm³/mol. The minimum Gasteiger partial charge on any atom is -0.447 e. The molecule has 0 bridgehead atoms. The summed E-state index contributed by atoms with van der Waals surface area (Å²) in [6.07, 6.45) is 3.94. The fourth-order valence-corrected chi connectivity index (χ4v) is 7.59. The Hall–Kier alpha value is -2.39. The van der Waals surface area contributed by atoms with Crippen molar-refractivity contribution in [3.63, 3.8) is 0 Å². The van der Waals surface area contributed by atoms with E-state index in [1.165, 1.54) is 0 Å². The zero-order valence-corrected chi connectivity index (χ0v) is 28.4. The maximum atomic E-state index is 13.0. The third-order valence-corrected chi connectivity index (χ3v) is 10.9. The van der Waals surface area contributed by atoms with Crippen LogP contribution in [0.1, 0.15) is 57.8 Å². The van der Waals surface area contributed by atoms with Crippen molar-refractivity contribution in [2.75, 3.05) is 78.7 Å². The molecule has 2 saturated carbocycles. The molecule has 5 aliphatic rings. The molecule has 0 aromatic rings. The quantitative estimate of drug-likeness (QED) is 0.350. The van der Waals surface area contributed by atoms with Gasteiger partial charge in [-0.25, -0.2) is 9.59 Å². The third-order valence-electron chi connectivity index (χ3n) is 10.9. The van der Waals surface area contributed by atoms with Crippen molar-refractivity contribution in [1.82, 2.24) is 19.6 Å². The topological polar surface area (TPSA) is 181 Å². The van der Waals surface area contributed by atoms with Crippen molar-refractivity contribution < 1.29 is 38.5 Å². The van der Waals surface area contributed by atoms with Gasteiger partial charge in [-0.3, -0.25) is 9.59 Å². The lowest BCUT2D eigenvalue weighted by Crippen LogP contribution is -2.55. The van der Waals surface area contributed by atoms with E-state index in [9.17, 15) is 24.3 Å². The number of aliphatic hydroxyl groups excluding tert-OH is 1. The van der Waals surface area contributed by atoms with Crippen LogP contribution in [-0.4, -0.2) is 146 Å². The highest BCUT2D eigenvalue weighted by Gasteiger charge is 2.39. The van der Waals surface area contributed by atoms with E-state index in [-0.39, 0.29) is 49.3 Å². The standard InChI is InChI=1S/C32H54N6O8.ClH/c33-19-22-1-5-24(6-2-22)29(40)35-10-14-37(15-11-35)31(42)45-21-27-28(39)26(9-18-44-27)46-32(43)38-16-12-36(13-17-38)30(41)25-7-3-23(20-34)4-8-25;/h22-28,39H,1-21,33-34H2;1H/t22?,23?,24?,25?,26-,27-,28+;/m1./s1. The van der Waals surface area contributed by atoms with Gasteiger partial charge in [-0.05, 0) is 76.3 Å². The van der Waals surface area contributed by atoms with Crippen LogP contribution in [0, 0.1) is 23.7 Å². The summed E-state index contributed by atoms with van der Waals surface area (Å²) in [4.78, 5) is 58.6. The molecular formula is C32H55ClN6O8. The van der Waals surface area contributed by atoms with Gasteiger partial charge in [-0.2, -0.15) is 0 Å². The maximum absolute atomic E-state index is 13.0. The molecule has 0 aromatic carbocycles. The number of nitrogens with two attached hydrogens (primary N) is 2. The van der Waals surface area contributed by atoms with Crippen LogP contribution in [0.2, 0.25) is 0 Å². The summed E-state index contributed by atoms with van der Waals surface area (Å²) in [5, 5.41) is 10.9. The van der Waals surface area contributed by atoms with Gasteiger partial charge < -0.3 is 50.4 Å². The van der Waals surface area contributed by atoms with E-state index in [4.69, 9.17) is 25.7 Å². The van der Waals surface area contributed by atoms with Gasteiger partial charge in [-0.15, -0.1) is 12.4 Å². The predicted octanol–water partition coefficient (Wildman–Crippen LogP) is 1.02. The molecule has 5 fully saturated rings. The number of hydrogen-bond donors (Lipinski definition) is 3. The minimum absolute atomic E-state index is 0. The average Bonchev–Trinajstić information content (AvgIpc) is 3.11. The summed E-state index contributed by atoms with van der Waals surface area (Å²) < 4.78 is 16.8. The van der Waals surface area contributed by atoms with E-state index in [1.807, 2.05) is 9.80 Å². The largest absolute Gasteiger partial charge is 0.447 e. The first-order valence-electron chi connectivity index (χ1n) is 17.4. The molecular weight excluding hydrogens is 632 g/mol. The Morgan fingerprint density at radius 1 is 0.638 bits per heavy atom. The zero-order chi connectivity index (χ0) is 32.6. The summed E-state index contributed by atoms with van der Waals surface area (Å²) in [7, 11) is 0. The molecule has 0 spiro atoms. The summed E-state index contributed by atoms with van der Waals surface area (Å²) in [6, 6.07) is 0. The molecule has 4 amide bonds. The molecule has 2 aliphatic carbocycles. The van der Waals surface area contributed by atoms with E-state index < -0.39 is 30.5 Å². The summed E-state index contributed by atoms with van der Waals surface area (Å²) >= 11 is 0. The van der Waals surface area contributed by atoms with Crippen molar-refractivity contribution in [2.45, 2.75) is 76.1 Å². The van der Waals surface area contributed by atoms with Crippen molar-refractivity contribution in [3.05, 3.63) is 0 Å². The second kappa shape index (κ2) is 17.8. The monoisotopic (exact) mass is 686 g/mol. The Balaban J connectivity index is 0.00000500. The molecule has 0 aromatic heterocycles. The van der Waals surface area contributed by atoms with E-state index in [0.717, 1.165) is 51.4 Å². The summed E-state index contributed by atoms with van der Waals surface area (Å²) in [6.45, 7) is 4.77. The van der Waals surface area contributed by atoms with Gasteiger partial charge in [0.05, 0.1) is 6.61 Å². The Kier molecular flexibility index (Phi) is 14.2. The van der Waals surface area contributed by atoms with Gasteiger partial charge >= 0.3 is 12.2 Å². The number of hydrogen-bond acceptors (Lipinski definition) is 10. The Morgan fingerprint density at radius 2 is 1.06 bits per heavy atom. The van der Waals surface area contributed by atoms with E-state index >= 15 is 0 Å². The van der Waals surface area contributed by atoms with Crippen LogP contribution in [0.25, 0.3) is 0 Å². The molecule has 3 atom stereocenters. The van der Waals surface area contributed by atoms with Gasteiger partial charge in [0.25, 0.3) is 0 Å². The Morgan fingerprint density at radius 3 is 1.51 bits per heavy atom. The molecule has 0 unspecified atom stereocenters. The van der Waals surface area contributed by atoms with Gasteiger partial charge in [0.1, 0.15) is 24.9 Å². The maximum Gasteiger partial charge on any atom is 0.410 e. The second-order valence-corrected chi connectivity index (χ2v) is 13.7. The van der Waals surface area contributed by atoms with E-state index in [0.29, 0.717) is 83.7 Å². The molecule has 3 saturated heterocycles.